The Labute approximate surface area is 114 Å². The van der Waals surface area contributed by atoms with Crippen molar-refractivity contribution in [3.63, 3.8) is 0 Å². The van der Waals surface area contributed by atoms with Gasteiger partial charge in [-0.2, -0.15) is 0 Å². The van der Waals surface area contributed by atoms with Crippen molar-refractivity contribution in [2.24, 2.45) is 0 Å². The Balaban J connectivity index is 2.38. The molecule has 5 N–H and O–H groups in total. The molecule has 1 aromatic heterocycles. The van der Waals surface area contributed by atoms with Gasteiger partial charge < -0.3 is 30.9 Å². The predicted octanol–water partition coefficient (Wildman–Crippen LogP) is -0.760. The molecule has 2 atom stereocenters. The summed E-state index contributed by atoms with van der Waals surface area (Å²) in [4.78, 5) is 13.8. The van der Waals surface area contributed by atoms with Crippen molar-refractivity contribution in [3.05, 3.63) is 4.88 Å². The zero-order valence-electron chi connectivity index (χ0n) is 10.7. The molecule has 106 valence electrons. The summed E-state index contributed by atoms with van der Waals surface area (Å²) in [5, 5.41) is 22.3. The SMILES string of the molecule is CNC(=O)c1sc(N2CC(O)C(O)C2)c(OC)c1N. The van der Waals surface area contributed by atoms with E-state index in [-0.39, 0.29) is 24.7 Å². The summed E-state index contributed by atoms with van der Waals surface area (Å²) in [6.07, 6.45) is -1.62. The van der Waals surface area contributed by atoms with Gasteiger partial charge in [0.1, 0.15) is 15.6 Å². The molecule has 1 fully saturated rings. The first-order valence-electron chi connectivity index (χ1n) is 5.79. The Kier molecular flexibility index (Phi) is 3.83. The third-order valence-electron chi connectivity index (χ3n) is 3.07. The van der Waals surface area contributed by atoms with Crippen molar-refractivity contribution in [3.8, 4) is 5.75 Å². The first kappa shape index (κ1) is 13.9. The van der Waals surface area contributed by atoms with Crippen LogP contribution in [-0.4, -0.2) is 55.6 Å². The average Bonchev–Trinajstić information content (AvgIpc) is 2.89. The zero-order chi connectivity index (χ0) is 14.2. The number of β-amino-alcohol motifs (C(OH)–C–C–N with tert-alkyl or cyclic N) is 2. The number of methoxy groups -OCH3 is 1. The molecule has 0 bridgehead atoms. The van der Waals surface area contributed by atoms with Crippen molar-refractivity contribution in [1.82, 2.24) is 5.32 Å². The summed E-state index contributed by atoms with van der Waals surface area (Å²) < 4.78 is 5.23. The van der Waals surface area contributed by atoms with E-state index in [0.717, 1.165) is 0 Å². The highest BCUT2D eigenvalue weighted by Gasteiger charge is 2.34. The quantitative estimate of drug-likeness (QED) is 0.582. The van der Waals surface area contributed by atoms with Gasteiger partial charge in [-0.3, -0.25) is 4.79 Å². The number of aliphatic hydroxyl groups is 2. The van der Waals surface area contributed by atoms with Crippen LogP contribution in [0.5, 0.6) is 5.75 Å². The number of nitrogens with one attached hydrogen (secondary N) is 1. The van der Waals surface area contributed by atoms with Crippen LogP contribution in [-0.2, 0) is 0 Å². The van der Waals surface area contributed by atoms with E-state index < -0.39 is 12.2 Å². The number of hydrogen-bond acceptors (Lipinski definition) is 7. The van der Waals surface area contributed by atoms with Gasteiger partial charge in [0.15, 0.2) is 5.75 Å². The number of aliphatic hydroxyl groups excluding tert-OH is 2. The minimum absolute atomic E-state index is 0.276. The maximum absolute atomic E-state index is 11.7. The van der Waals surface area contributed by atoms with Crippen LogP contribution in [0.2, 0.25) is 0 Å². The van der Waals surface area contributed by atoms with Crippen LogP contribution < -0.4 is 20.7 Å². The summed E-state index contributed by atoms with van der Waals surface area (Å²) in [7, 11) is 3.00. The molecule has 0 radical (unpaired) electrons. The fourth-order valence-electron chi connectivity index (χ4n) is 2.04. The predicted molar refractivity (Wildman–Crippen MR) is 72.9 cm³/mol. The van der Waals surface area contributed by atoms with Crippen LogP contribution in [0, 0.1) is 0 Å². The van der Waals surface area contributed by atoms with Gasteiger partial charge in [-0.25, -0.2) is 0 Å². The van der Waals surface area contributed by atoms with Crippen molar-refractivity contribution in [2.45, 2.75) is 12.2 Å². The van der Waals surface area contributed by atoms with E-state index in [4.69, 9.17) is 10.5 Å². The molecular weight excluding hydrogens is 270 g/mol. The lowest BCUT2D eigenvalue weighted by molar-refractivity contribution is 0.0572. The molecule has 19 heavy (non-hydrogen) atoms. The first-order chi connectivity index (χ1) is 8.99. The molecule has 2 rings (SSSR count). The summed E-state index contributed by atoms with van der Waals surface area (Å²) in [6.45, 7) is 0.565. The normalized spacial score (nSPS) is 22.6. The summed E-state index contributed by atoms with van der Waals surface area (Å²) in [6, 6.07) is 0. The lowest BCUT2D eigenvalue weighted by atomic mass is 10.3. The lowest BCUT2D eigenvalue weighted by Crippen LogP contribution is -2.22. The Morgan fingerprint density at radius 2 is 2.05 bits per heavy atom. The molecule has 1 aliphatic heterocycles. The van der Waals surface area contributed by atoms with Crippen LogP contribution in [0.1, 0.15) is 9.67 Å². The molecule has 1 saturated heterocycles. The Morgan fingerprint density at radius 1 is 1.47 bits per heavy atom. The maximum Gasteiger partial charge on any atom is 0.263 e. The average molecular weight is 287 g/mol. The lowest BCUT2D eigenvalue weighted by Gasteiger charge is -2.16. The van der Waals surface area contributed by atoms with Crippen molar-refractivity contribution < 1.29 is 19.7 Å². The topological polar surface area (TPSA) is 108 Å². The van der Waals surface area contributed by atoms with Gasteiger partial charge in [-0.05, 0) is 0 Å². The van der Waals surface area contributed by atoms with Gasteiger partial charge in [0, 0.05) is 20.1 Å². The largest absolute Gasteiger partial charge is 0.492 e. The number of rotatable bonds is 3. The van der Waals surface area contributed by atoms with E-state index in [1.165, 1.54) is 25.5 Å². The summed E-state index contributed by atoms with van der Waals surface area (Å²) >= 11 is 1.19. The van der Waals surface area contributed by atoms with Crippen LogP contribution in [0.25, 0.3) is 0 Å². The highest BCUT2D eigenvalue weighted by molar-refractivity contribution is 7.19. The van der Waals surface area contributed by atoms with E-state index in [2.05, 4.69) is 5.32 Å². The molecule has 0 aliphatic carbocycles. The number of hydrogen-bond donors (Lipinski definition) is 4. The number of anilines is 2. The number of thiophene rings is 1. The fourth-order valence-corrected chi connectivity index (χ4v) is 3.19. The Bertz CT molecular complexity index is 481. The number of ether oxygens (including phenoxy) is 1. The van der Waals surface area contributed by atoms with Gasteiger partial charge in [0.2, 0.25) is 0 Å². The van der Waals surface area contributed by atoms with E-state index in [1.54, 1.807) is 4.90 Å². The van der Waals surface area contributed by atoms with E-state index in [0.29, 0.717) is 15.6 Å². The third-order valence-corrected chi connectivity index (χ3v) is 4.31. The van der Waals surface area contributed by atoms with E-state index >= 15 is 0 Å². The van der Waals surface area contributed by atoms with E-state index in [9.17, 15) is 15.0 Å². The summed E-state index contributed by atoms with van der Waals surface area (Å²) in [5.74, 6) is 0.122. The molecule has 2 unspecified atom stereocenters. The third kappa shape index (κ3) is 2.34. The molecule has 0 saturated carbocycles. The standard InChI is InChI=1S/C11H17N3O4S/c1-13-10(17)9-7(12)8(18-2)11(19-9)14-3-5(15)6(16)4-14/h5-6,15-16H,3-4,12H2,1-2H3,(H,13,17). The minimum Gasteiger partial charge on any atom is -0.492 e. The second-order valence-electron chi connectivity index (χ2n) is 4.30. The molecule has 7 nitrogen and oxygen atoms in total. The number of nitrogens with two attached hydrogens (primary N) is 1. The number of carbonyl (C=O) groups is 1. The number of carbonyl (C=O) groups excluding carboxylic acids is 1. The second-order valence-corrected chi connectivity index (χ2v) is 5.30. The van der Waals surface area contributed by atoms with Crippen LogP contribution in [0.15, 0.2) is 0 Å². The highest BCUT2D eigenvalue weighted by Crippen LogP contribution is 2.45. The van der Waals surface area contributed by atoms with Crippen molar-refractivity contribution >= 4 is 27.9 Å². The highest BCUT2D eigenvalue weighted by atomic mass is 32.1. The van der Waals surface area contributed by atoms with Gasteiger partial charge >= 0.3 is 0 Å². The van der Waals surface area contributed by atoms with Crippen LogP contribution in [0.4, 0.5) is 10.7 Å². The molecule has 0 aromatic carbocycles. The van der Waals surface area contributed by atoms with Gasteiger partial charge in [-0.1, -0.05) is 0 Å². The number of nitrogen functional groups attached to an aromatic ring is 1. The van der Waals surface area contributed by atoms with Gasteiger partial charge in [0.05, 0.1) is 19.3 Å². The summed E-state index contributed by atoms with van der Waals surface area (Å²) in [5.41, 5.74) is 6.18. The Morgan fingerprint density at radius 3 is 2.53 bits per heavy atom. The maximum atomic E-state index is 11.7. The smallest absolute Gasteiger partial charge is 0.263 e. The molecule has 2 heterocycles. The number of nitrogens with zero attached hydrogens (tertiary/aromatic N) is 1. The van der Waals surface area contributed by atoms with Gasteiger partial charge in [0.25, 0.3) is 5.91 Å². The molecule has 1 amide bonds. The molecule has 1 aliphatic rings. The first-order valence-corrected chi connectivity index (χ1v) is 6.60. The minimum atomic E-state index is -0.809. The zero-order valence-corrected chi connectivity index (χ0v) is 11.5. The molecule has 8 heteroatoms. The second kappa shape index (κ2) is 5.24. The van der Waals surface area contributed by atoms with E-state index in [1.807, 2.05) is 0 Å². The molecule has 1 aromatic rings. The monoisotopic (exact) mass is 287 g/mol. The van der Waals surface area contributed by atoms with Crippen molar-refractivity contribution in [2.75, 3.05) is 37.9 Å². The van der Waals surface area contributed by atoms with Gasteiger partial charge in [-0.15, -0.1) is 11.3 Å². The van der Waals surface area contributed by atoms with Crippen LogP contribution >= 0.6 is 11.3 Å². The fraction of sp³-hybridized carbons (Fsp3) is 0.545. The molecular formula is C11H17N3O4S. The van der Waals surface area contributed by atoms with Crippen molar-refractivity contribution in [1.29, 1.82) is 0 Å². The Hall–Kier alpha value is -1.51. The molecule has 0 spiro atoms. The number of amides is 1. The van der Waals surface area contributed by atoms with Crippen LogP contribution in [0.3, 0.4) is 0 Å².